The number of benzene rings is 1. The van der Waals surface area contributed by atoms with Gasteiger partial charge in [-0.1, -0.05) is 32.4 Å². The van der Waals surface area contributed by atoms with Crippen molar-refractivity contribution in [2.24, 2.45) is 39.6 Å². The van der Waals surface area contributed by atoms with Gasteiger partial charge in [-0.2, -0.15) is 11.8 Å². The van der Waals surface area contributed by atoms with Crippen LogP contribution >= 0.6 is 11.8 Å². The number of carboxylic acid groups (broad SMARTS) is 1. The van der Waals surface area contributed by atoms with Crippen LogP contribution in [0.25, 0.3) is 0 Å². The van der Waals surface area contributed by atoms with Crippen LogP contribution < -0.4 is 65.9 Å². The number of phenols is 1. The number of aliphatic imine (C=N–C) groups is 1. The highest BCUT2D eigenvalue weighted by atomic mass is 32.2. The first-order valence-corrected chi connectivity index (χ1v) is 30.9. The summed E-state index contributed by atoms with van der Waals surface area (Å²) in [6.07, 6.45) is 6.53. The standard InChI is InChI=1S/C56H89N17O14S/c1-4-31(2)45(52(83)70-41(29-74)54(85)73-24-8-12-42(73)50(81)67-38(55(86)87)18-19-44(59)76)71-51(82)43-13-9-23-72(43)53(84)37(11-5-6-21-57)66-48(79)39(26-32-14-16-34(75)17-15-32)69-47(78)36(20-25-88-3)65-49(80)40(27-33-28-62-30-64-33)68-46(77)35(58)10-7-22-63-56(60)61/h14-17,28,30-31,35-43,45,74-75H,4-13,18-27,29,57-58H2,1-3H3,(H2,59,76)(H,62,64)(H,65,80)(H,66,79)(H,67,81)(H,68,77)(H,69,78)(H,70,83)(H,71,82)(H,86,87)(H4,60,61,63)/t31-,35-,36-,37-,38-,39-,40-,41-,42-,43-,45-/m0/s1. The van der Waals surface area contributed by atoms with Gasteiger partial charge in [-0.15, -0.1) is 0 Å². The molecule has 88 heavy (non-hydrogen) atoms. The number of nitrogens with zero attached hydrogens (tertiary/aromatic N) is 4. The predicted molar refractivity (Wildman–Crippen MR) is 323 cm³/mol. The van der Waals surface area contributed by atoms with Gasteiger partial charge in [0.1, 0.15) is 60.1 Å². The quantitative estimate of drug-likeness (QED) is 0.0173. The Morgan fingerprint density at radius 2 is 1.27 bits per heavy atom. The third kappa shape index (κ3) is 22.9. The number of aromatic nitrogens is 2. The summed E-state index contributed by atoms with van der Waals surface area (Å²) in [5.41, 5.74) is 29.0. The van der Waals surface area contributed by atoms with Crippen molar-refractivity contribution in [2.75, 3.05) is 44.8 Å². The maximum Gasteiger partial charge on any atom is 0.326 e. The number of primary amides is 1. The molecule has 21 N–H and O–H groups in total. The highest BCUT2D eigenvalue weighted by Crippen LogP contribution is 2.23. The molecule has 0 radical (unpaired) electrons. The Kier molecular flexibility index (Phi) is 30.4. The summed E-state index contributed by atoms with van der Waals surface area (Å²) in [5, 5.41) is 48.8. The lowest BCUT2D eigenvalue weighted by molar-refractivity contribution is -0.146. The van der Waals surface area contributed by atoms with Gasteiger partial charge in [-0.05, 0) is 113 Å². The van der Waals surface area contributed by atoms with Gasteiger partial charge >= 0.3 is 5.97 Å². The van der Waals surface area contributed by atoms with Crippen LogP contribution in [-0.4, -0.2) is 211 Å². The lowest BCUT2D eigenvalue weighted by atomic mass is 9.97. The number of aromatic amines is 1. The minimum Gasteiger partial charge on any atom is -0.508 e. The Morgan fingerprint density at radius 1 is 0.705 bits per heavy atom. The fourth-order valence-corrected chi connectivity index (χ4v) is 10.6. The van der Waals surface area contributed by atoms with Crippen molar-refractivity contribution in [1.82, 2.24) is 57.0 Å². The second kappa shape index (κ2) is 36.9. The summed E-state index contributed by atoms with van der Waals surface area (Å²) < 4.78 is 0. The number of hydrogen-bond acceptors (Lipinski definition) is 18. The number of unbranched alkanes of at least 4 members (excludes halogenated alkanes) is 1. The van der Waals surface area contributed by atoms with Crippen LogP contribution in [0.1, 0.15) is 109 Å². The molecule has 31 nitrogen and oxygen atoms in total. The molecular weight excluding hydrogens is 1170 g/mol. The second-order valence-electron chi connectivity index (χ2n) is 21.9. The van der Waals surface area contributed by atoms with Crippen molar-refractivity contribution in [2.45, 2.75) is 171 Å². The van der Waals surface area contributed by atoms with E-state index in [-0.39, 0.29) is 95.7 Å². The smallest absolute Gasteiger partial charge is 0.326 e. The average molecular weight is 1260 g/mol. The Labute approximate surface area is 514 Å². The fraction of sp³-hybridized carbons (Fsp3) is 0.625. The van der Waals surface area contributed by atoms with Gasteiger partial charge in [0.2, 0.25) is 59.1 Å². The van der Waals surface area contributed by atoms with Gasteiger partial charge in [0.25, 0.3) is 0 Å². The molecule has 0 unspecified atom stereocenters. The number of nitrogens with one attached hydrogen (secondary N) is 8. The molecule has 2 aliphatic heterocycles. The van der Waals surface area contributed by atoms with E-state index in [0.29, 0.717) is 55.5 Å². The van der Waals surface area contributed by atoms with Crippen LogP contribution in [0.5, 0.6) is 5.75 Å². The van der Waals surface area contributed by atoms with E-state index >= 15 is 0 Å². The number of phenolic OH excluding ortho intramolecular Hbond substituents is 1. The molecular formula is C56H89N17O14S. The Balaban J connectivity index is 1.55. The molecule has 0 spiro atoms. The fourth-order valence-electron chi connectivity index (χ4n) is 10.1. The number of carbonyl (C=O) groups excluding carboxylic acids is 10. The zero-order chi connectivity index (χ0) is 65.0. The van der Waals surface area contributed by atoms with E-state index in [1.54, 1.807) is 20.1 Å². The number of nitrogens with two attached hydrogens (primary N) is 5. The van der Waals surface area contributed by atoms with Gasteiger partial charge in [-0.3, -0.25) is 52.9 Å². The number of aromatic hydroxyl groups is 1. The van der Waals surface area contributed by atoms with Crippen LogP contribution in [0.2, 0.25) is 0 Å². The lowest BCUT2D eigenvalue weighted by Crippen LogP contribution is -2.61. The minimum absolute atomic E-state index is 0.0279. The Bertz CT molecular complexity index is 2700. The molecule has 32 heteroatoms. The molecule has 0 aliphatic carbocycles. The first-order valence-electron chi connectivity index (χ1n) is 29.5. The molecule has 2 saturated heterocycles. The molecule has 4 rings (SSSR count). The van der Waals surface area contributed by atoms with Crippen LogP contribution in [0, 0.1) is 5.92 Å². The Morgan fingerprint density at radius 3 is 1.83 bits per heavy atom. The molecule has 10 amide bonds. The summed E-state index contributed by atoms with van der Waals surface area (Å²) in [7, 11) is 0. The van der Waals surface area contributed by atoms with Crippen molar-refractivity contribution in [3.8, 4) is 5.75 Å². The number of carbonyl (C=O) groups is 11. The first kappa shape index (κ1) is 72.4. The van der Waals surface area contributed by atoms with E-state index < -0.39 is 138 Å². The van der Waals surface area contributed by atoms with E-state index in [2.05, 4.69) is 52.2 Å². The van der Waals surface area contributed by atoms with Crippen LogP contribution in [-0.2, 0) is 65.6 Å². The number of likely N-dealkylation sites (tertiary alicyclic amines) is 2. The molecule has 3 heterocycles. The van der Waals surface area contributed by atoms with E-state index in [1.807, 2.05) is 0 Å². The van der Waals surface area contributed by atoms with E-state index in [0.717, 1.165) is 4.90 Å². The zero-order valence-electron chi connectivity index (χ0n) is 50.1. The monoisotopic (exact) mass is 1260 g/mol. The van der Waals surface area contributed by atoms with Gasteiger partial charge in [0.05, 0.1) is 19.0 Å². The summed E-state index contributed by atoms with van der Waals surface area (Å²) >= 11 is 1.38. The molecule has 1 aromatic carbocycles. The summed E-state index contributed by atoms with van der Waals surface area (Å²) in [6, 6.07) is -7.15. The highest BCUT2D eigenvalue weighted by molar-refractivity contribution is 7.98. The highest BCUT2D eigenvalue weighted by Gasteiger charge is 2.43. The number of H-pyrrole nitrogens is 1. The molecule has 488 valence electrons. The summed E-state index contributed by atoms with van der Waals surface area (Å²) in [4.78, 5) is 164. The summed E-state index contributed by atoms with van der Waals surface area (Å²) in [6.45, 7) is 3.07. The normalized spacial score (nSPS) is 17.7. The molecule has 2 fully saturated rings. The number of aliphatic carboxylic acids is 1. The number of hydrogen-bond donors (Lipinski definition) is 16. The second-order valence-corrected chi connectivity index (χ2v) is 22.9. The number of carboxylic acids is 1. The number of aliphatic hydroxyl groups is 1. The van der Waals surface area contributed by atoms with Crippen molar-refractivity contribution < 1.29 is 68.1 Å². The van der Waals surface area contributed by atoms with Gasteiger partial charge < -0.3 is 96.0 Å². The largest absolute Gasteiger partial charge is 0.508 e. The molecule has 1 aromatic heterocycles. The number of rotatable bonds is 38. The number of imidazole rings is 1. The topological polar surface area (TPSA) is 510 Å². The predicted octanol–water partition coefficient (Wildman–Crippen LogP) is -4.07. The maximum absolute atomic E-state index is 14.8. The van der Waals surface area contributed by atoms with Crippen LogP contribution in [0.15, 0.2) is 41.8 Å². The van der Waals surface area contributed by atoms with Gasteiger partial charge in [-0.25, -0.2) is 9.78 Å². The third-order valence-electron chi connectivity index (χ3n) is 15.3. The molecule has 0 bridgehead atoms. The summed E-state index contributed by atoms with van der Waals surface area (Å²) in [5.74, 6) is -9.52. The molecule has 2 aromatic rings. The van der Waals surface area contributed by atoms with Crippen LogP contribution in [0.4, 0.5) is 0 Å². The van der Waals surface area contributed by atoms with E-state index in [9.17, 15) is 68.1 Å². The molecule has 0 saturated carbocycles. The van der Waals surface area contributed by atoms with E-state index in [1.165, 1.54) is 53.5 Å². The van der Waals surface area contributed by atoms with Gasteiger partial charge in [0.15, 0.2) is 5.96 Å². The number of aliphatic hydroxyl groups excluding tert-OH is 1. The van der Waals surface area contributed by atoms with Crippen molar-refractivity contribution >= 4 is 82.8 Å². The number of guanidine groups is 1. The van der Waals surface area contributed by atoms with E-state index in [4.69, 9.17) is 28.7 Å². The maximum atomic E-state index is 14.8. The third-order valence-corrected chi connectivity index (χ3v) is 15.9. The molecule has 2 aliphatic rings. The first-order chi connectivity index (χ1) is 41.9. The number of amides is 10. The zero-order valence-corrected chi connectivity index (χ0v) is 50.9. The minimum atomic E-state index is -1.60. The average Bonchev–Trinajstić information content (AvgIpc) is 4.31. The van der Waals surface area contributed by atoms with Crippen LogP contribution in [0.3, 0.4) is 0 Å². The van der Waals surface area contributed by atoms with Gasteiger partial charge in [0, 0.05) is 50.8 Å². The van der Waals surface area contributed by atoms with Crippen molar-refractivity contribution in [3.63, 3.8) is 0 Å². The Hall–Kier alpha value is -8.10. The lowest BCUT2D eigenvalue weighted by Gasteiger charge is -2.32. The SMILES string of the molecule is CC[C@H](C)[C@H](NC(=O)[C@@H]1CCCN1C(=O)[C@H](CCCCN)NC(=O)[C@H](Cc1ccc(O)cc1)NC(=O)[C@H](CCSC)NC(=O)[C@H](Cc1cnc[nH]1)NC(=O)[C@@H](N)CCCN=C(N)N)C(=O)N[C@@H](CO)C(=O)N1CCC[C@H]1C(=O)N[C@@H](CCC(N)=O)C(=O)O. The number of thioether (sulfide) groups is 1. The van der Waals surface area contributed by atoms with Crippen molar-refractivity contribution in [3.05, 3.63) is 48.0 Å². The molecule has 11 atom stereocenters. The van der Waals surface area contributed by atoms with Crippen molar-refractivity contribution in [1.29, 1.82) is 0 Å².